The number of nitrogens with zero attached hydrogens (tertiary/aromatic N) is 2. The molecular formula is C17H19N3. The van der Waals surface area contributed by atoms with Crippen molar-refractivity contribution in [1.29, 1.82) is 0 Å². The van der Waals surface area contributed by atoms with Crippen LogP contribution in [0.4, 0.5) is 0 Å². The first kappa shape index (κ1) is 12.9. The molecule has 0 unspecified atom stereocenters. The van der Waals surface area contributed by atoms with E-state index in [0.717, 1.165) is 12.2 Å². The zero-order valence-electron chi connectivity index (χ0n) is 11.9. The maximum atomic E-state index is 4.28. The normalized spacial score (nSPS) is 12.7. The Morgan fingerprint density at radius 2 is 2.10 bits per heavy atom. The number of rotatable bonds is 4. The third kappa shape index (κ3) is 2.45. The first-order chi connectivity index (χ1) is 9.78. The molecule has 2 heterocycles. The standard InChI is InChI=1S/C17H19N3/c1-3-18-13(2)14-5-4-6-15(11-14)16-7-8-17-19-9-10-20(17)12-16/h4-13,18H,3H2,1-2H3/t13-/m1/s1. The second-order valence-corrected chi connectivity index (χ2v) is 5.02. The molecule has 0 spiro atoms. The zero-order valence-corrected chi connectivity index (χ0v) is 11.9. The topological polar surface area (TPSA) is 29.3 Å². The first-order valence-corrected chi connectivity index (χ1v) is 7.04. The summed E-state index contributed by atoms with van der Waals surface area (Å²) >= 11 is 0. The molecule has 0 aliphatic carbocycles. The summed E-state index contributed by atoms with van der Waals surface area (Å²) in [5.41, 5.74) is 4.74. The largest absolute Gasteiger partial charge is 0.310 e. The van der Waals surface area contributed by atoms with Gasteiger partial charge in [0.2, 0.25) is 0 Å². The summed E-state index contributed by atoms with van der Waals surface area (Å²) in [5, 5.41) is 3.45. The third-order valence-electron chi connectivity index (χ3n) is 3.62. The van der Waals surface area contributed by atoms with Crippen molar-refractivity contribution in [3.63, 3.8) is 0 Å². The Balaban J connectivity index is 1.98. The zero-order chi connectivity index (χ0) is 13.9. The number of pyridine rings is 1. The van der Waals surface area contributed by atoms with Crippen LogP contribution in [0.3, 0.4) is 0 Å². The highest BCUT2D eigenvalue weighted by Gasteiger charge is 2.06. The van der Waals surface area contributed by atoms with Crippen molar-refractivity contribution in [2.75, 3.05) is 6.54 Å². The smallest absolute Gasteiger partial charge is 0.136 e. The van der Waals surface area contributed by atoms with Gasteiger partial charge in [-0.25, -0.2) is 4.98 Å². The van der Waals surface area contributed by atoms with Crippen LogP contribution in [0.2, 0.25) is 0 Å². The second kappa shape index (κ2) is 5.47. The minimum absolute atomic E-state index is 0.372. The van der Waals surface area contributed by atoms with Crippen LogP contribution in [0.25, 0.3) is 16.8 Å². The van der Waals surface area contributed by atoms with E-state index in [0.29, 0.717) is 6.04 Å². The van der Waals surface area contributed by atoms with Gasteiger partial charge in [-0.05, 0) is 48.4 Å². The van der Waals surface area contributed by atoms with Gasteiger partial charge in [0.05, 0.1) is 0 Å². The fourth-order valence-corrected chi connectivity index (χ4v) is 2.50. The van der Waals surface area contributed by atoms with Gasteiger partial charge in [0.15, 0.2) is 0 Å². The summed E-state index contributed by atoms with van der Waals surface area (Å²) in [6, 6.07) is 13.3. The van der Waals surface area contributed by atoms with Crippen LogP contribution in [0, 0.1) is 0 Å². The van der Waals surface area contributed by atoms with Gasteiger partial charge in [0.25, 0.3) is 0 Å². The molecule has 3 aromatic rings. The molecule has 1 aromatic carbocycles. The first-order valence-electron chi connectivity index (χ1n) is 7.04. The molecule has 0 amide bonds. The van der Waals surface area contributed by atoms with Crippen LogP contribution in [0.5, 0.6) is 0 Å². The quantitative estimate of drug-likeness (QED) is 0.780. The molecule has 20 heavy (non-hydrogen) atoms. The molecule has 0 fully saturated rings. The Hall–Kier alpha value is -2.13. The molecule has 3 nitrogen and oxygen atoms in total. The Morgan fingerprint density at radius 1 is 1.20 bits per heavy atom. The van der Waals surface area contributed by atoms with E-state index in [2.05, 4.69) is 71.1 Å². The average molecular weight is 265 g/mol. The fourth-order valence-electron chi connectivity index (χ4n) is 2.50. The second-order valence-electron chi connectivity index (χ2n) is 5.02. The summed E-state index contributed by atoms with van der Waals surface area (Å²) in [6.45, 7) is 5.31. The molecule has 0 saturated carbocycles. The lowest BCUT2D eigenvalue weighted by Gasteiger charge is -2.14. The van der Waals surface area contributed by atoms with Gasteiger partial charge in [-0.15, -0.1) is 0 Å². The summed E-state index contributed by atoms with van der Waals surface area (Å²) in [7, 11) is 0. The van der Waals surface area contributed by atoms with E-state index >= 15 is 0 Å². The highest BCUT2D eigenvalue weighted by Crippen LogP contribution is 2.23. The highest BCUT2D eigenvalue weighted by atomic mass is 15.0. The van der Waals surface area contributed by atoms with E-state index in [-0.39, 0.29) is 0 Å². The maximum absolute atomic E-state index is 4.28. The third-order valence-corrected chi connectivity index (χ3v) is 3.62. The van der Waals surface area contributed by atoms with Gasteiger partial charge in [-0.3, -0.25) is 0 Å². The Kier molecular flexibility index (Phi) is 3.52. The number of benzene rings is 1. The van der Waals surface area contributed by atoms with Gasteiger partial charge in [-0.1, -0.05) is 25.1 Å². The van der Waals surface area contributed by atoms with Crippen molar-refractivity contribution in [3.8, 4) is 11.1 Å². The predicted octanol–water partition coefficient (Wildman–Crippen LogP) is 3.67. The molecule has 102 valence electrons. The predicted molar refractivity (Wildman–Crippen MR) is 82.7 cm³/mol. The van der Waals surface area contributed by atoms with Crippen LogP contribution in [0.1, 0.15) is 25.5 Å². The summed E-state index contributed by atoms with van der Waals surface area (Å²) in [4.78, 5) is 4.28. The number of nitrogens with one attached hydrogen (secondary N) is 1. The molecule has 0 aliphatic heterocycles. The molecule has 0 radical (unpaired) electrons. The van der Waals surface area contributed by atoms with E-state index in [1.54, 1.807) is 0 Å². The Labute approximate surface area is 119 Å². The molecule has 0 bridgehead atoms. The number of hydrogen-bond acceptors (Lipinski definition) is 2. The van der Waals surface area contributed by atoms with Crippen LogP contribution in [-0.4, -0.2) is 15.9 Å². The molecule has 0 saturated heterocycles. The van der Waals surface area contributed by atoms with Crippen molar-refractivity contribution in [3.05, 3.63) is 60.6 Å². The molecule has 1 N–H and O–H groups in total. The van der Waals surface area contributed by atoms with Crippen LogP contribution >= 0.6 is 0 Å². The van der Waals surface area contributed by atoms with E-state index in [4.69, 9.17) is 0 Å². The van der Waals surface area contributed by atoms with Crippen molar-refractivity contribution >= 4 is 5.65 Å². The van der Waals surface area contributed by atoms with Gasteiger partial charge in [-0.2, -0.15) is 0 Å². The van der Waals surface area contributed by atoms with E-state index in [9.17, 15) is 0 Å². The number of aromatic nitrogens is 2. The lowest BCUT2D eigenvalue weighted by molar-refractivity contribution is 0.598. The monoisotopic (exact) mass is 265 g/mol. The highest BCUT2D eigenvalue weighted by molar-refractivity contribution is 5.65. The Morgan fingerprint density at radius 3 is 2.95 bits per heavy atom. The molecule has 0 aliphatic rings. The number of imidazole rings is 1. The van der Waals surface area contributed by atoms with Crippen molar-refractivity contribution in [2.24, 2.45) is 0 Å². The minimum Gasteiger partial charge on any atom is -0.310 e. The molecular weight excluding hydrogens is 246 g/mol. The number of hydrogen-bond donors (Lipinski definition) is 1. The average Bonchev–Trinajstić information content (AvgIpc) is 2.95. The summed E-state index contributed by atoms with van der Waals surface area (Å²) in [6.07, 6.45) is 5.92. The van der Waals surface area contributed by atoms with Crippen molar-refractivity contribution in [1.82, 2.24) is 14.7 Å². The maximum Gasteiger partial charge on any atom is 0.136 e. The molecule has 3 heteroatoms. The van der Waals surface area contributed by atoms with Gasteiger partial charge in [0.1, 0.15) is 5.65 Å². The molecule has 3 rings (SSSR count). The lowest BCUT2D eigenvalue weighted by Crippen LogP contribution is -2.17. The fraction of sp³-hybridized carbons (Fsp3) is 0.235. The summed E-state index contributed by atoms with van der Waals surface area (Å²) in [5.74, 6) is 0. The number of fused-ring (bicyclic) bond motifs is 1. The van der Waals surface area contributed by atoms with E-state index < -0.39 is 0 Å². The Bertz CT molecular complexity index is 715. The van der Waals surface area contributed by atoms with Crippen LogP contribution in [0.15, 0.2) is 55.0 Å². The van der Waals surface area contributed by atoms with Crippen molar-refractivity contribution in [2.45, 2.75) is 19.9 Å². The minimum atomic E-state index is 0.372. The van der Waals surface area contributed by atoms with Crippen molar-refractivity contribution < 1.29 is 0 Å². The van der Waals surface area contributed by atoms with Crippen LogP contribution in [-0.2, 0) is 0 Å². The van der Waals surface area contributed by atoms with E-state index in [1.807, 2.05) is 12.4 Å². The van der Waals surface area contributed by atoms with Gasteiger partial charge >= 0.3 is 0 Å². The van der Waals surface area contributed by atoms with E-state index in [1.165, 1.54) is 16.7 Å². The van der Waals surface area contributed by atoms with Gasteiger partial charge in [0, 0.05) is 24.6 Å². The SMILES string of the molecule is CCN[C@H](C)c1cccc(-c2ccc3nccn3c2)c1. The van der Waals surface area contributed by atoms with Gasteiger partial charge < -0.3 is 9.72 Å². The summed E-state index contributed by atoms with van der Waals surface area (Å²) < 4.78 is 2.05. The van der Waals surface area contributed by atoms with Crippen LogP contribution < -0.4 is 5.32 Å². The molecule has 2 aromatic heterocycles. The lowest BCUT2D eigenvalue weighted by atomic mass is 10.0. The molecule has 1 atom stereocenters.